The number of carbonyl (C=O) groups is 1. The first-order valence-corrected chi connectivity index (χ1v) is 8.60. The monoisotopic (exact) mass is 344 g/mol. The Kier molecular flexibility index (Phi) is 5.76. The molecule has 1 aliphatic carbocycles. The maximum atomic E-state index is 13.6. The minimum absolute atomic E-state index is 0.0645. The average Bonchev–Trinajstić information content (AvgIpc) is 3.43. The number of amides is 1. The van der Waals surface area contributed by atoms with Gasteiger partial charge in [-0.05, 0) is 48.6 Å². The molecule has 3 rings (SSSR count). The van der Waals surface area contributed by atoms with E-state index in [0.29, 0.717) is 37.7 Å². The topological polar surface area (TPSA) is 32.3 Å². The van der Waals surface area contributed by atoms with Gasteiger partial charge in [0.2, 0.25) is 5.91 Å². The largest absolute Gasteiger partial charge is 0.355 e. The lowest BCUT2D eigenvalue weighted by Crippen LogP contribution is -2.38. The summed E-state index contributed by atoms with van der Waals surface area (Å²) in [6.07, 6.45) is 2.65. The molecule has 132 valence electrons. The summed E-state index contributed by atoms with van der Waals surface area (Å²) >= 11 is 0. The lowest BCUT2D eigenvalue weighted by molar-refractivity contribution is -0.122. The summed E-state index contributed by atoms with van der Waals surface area (Å²) in [5.74, 6) is -0.564. The zero-order valence-corrected chi connectivity index (χ0v) is 14.1. The van der Waals surface area contributed by atoms with Crippen molar-refractivity contribution in [3.05, 3.63) is 71.3 Å². The highest BCUT2D eigenvalue weighted by Crippen LogP contribution is 2.28. The molecule has 1 N–H and O–H groups in total. The van der Waals surface area contributed by atoms with Crippen LogP contribution in [0.2, 0.25) is 0 Å². The molecule has 0 bridgehead atoms. The summed E-state index contributed by atoms with van der Waals surface area (Å²) in [6, 6.07) is 13.4. The molecule has 0 saturated heterocycles. The quantitative estimate of drug-likeness (QED) is 0.797. The van der Waals surface area contributed by atoms with Gasteiger partial charge in [-0.25, -0.2) is 8.78 Å². The van der Waals surface area contributed by atoms with Gasteiger partial charge < -0.3 is 5.32 Å². The molecule has 25 heavy (non-hydrogen) atoms. The van der Waals surface area contributed by atoms with Gasteiger partial charge in [0, 0.05) is 19.1 Å². The normalized spacial score (nSPS) is 13.9. The molecule has 0 radical (unpaired) electrons. The summed E-state index contributed by atoms with van der Waals surface area (Å²) in [6.45, 7) is 1.35. The van der Waals surface area contributed by atoms with Crippen molar-refractivity contribution < 1.29 is 13.6 Å². The second kappa shape index (κ2) is 8.21. The van der Waals surface area contributed by atoms with Crippen molar-refractivity contribution >= 4 is 5.91 Å². The van der Waals surface area contributed by atoms with Crippen molar-refractivity contribution in [1.82, 2.24) is 10.2 Å². The third-order valence-electron chi connectivity index (χ3n) is 4.38. The van der Waals surface area contributed by atoms with Crippen LogP contribution in [0.1, 0.15) is 24.0 Å². The molecule has 0 aliphatic heterocycles. The van der Waals surface area contributed by atoms with Crippen molar-refractivity contribution in [2.75, 3.05) is 13.1 Å². The van der Waals surface area contributed by atoms with Gasteiger partial charge in [-0.2, -0.15) is 0 Å². The minimum Gasteiger partial charge on any atom is -0.355 e. The Morgan fingerprint density at radius 3 is 2.48 bits per heavy atom. The highest BCUT2D eigenvalue weighted by Gasteiger charge is 2.30. The smallest absolute Gasteiger partial charge is 0.234 e. The van der Waals surface area contributed by atoms with Crippen LogP contribution in [0.15, 0.2) is 48.5 Å². The molecule has 0 heterocycles. The number of nitrogens with zero attached hydrogens (tertiary/aromatic N) is 1. The van der Waals surface area contributed by atoms with Crippen LogP contribution in [0.4, 0.5) is 8.78 Å². The van der Waals surface area contributed by atoms with Gasteiger partial charge in [0.05, 0.1) is 6.54 Å². The molecule has 5 heteroatoms. The first-order valence-electron chi connectivity index (χ1n) is 8.60. The number of carbonyl (C=O) groups excluding carboxylic acids is 1. The summed E-state index contributed by atoms with van der Waals surface area (Å²) in [7, 11) is 0. The van der Waals surface area contributed by atoms with Gasteiger partial charge in [-0.1, -0.05) is 30.3 Å². The lowest BCUT2D eigenvalue weighted by atomic mass is 10.1. The Hall–Kier alpha value is -2.27. The number of halogens is 2. The molecule has 1 aliphatic rings. The maximum Gasteiger partial charge on any atom is 0.234 e. The molecule has 1 amide bonds. The molecule has 0 spiro atoms. The van der Waals surface area contributed by atoms with E-state index < -0.39 is 0 Å². The van der Waals surface area contributed by atoms with Crippen LogP contribution in [0.3, 0.4) is 0 Å². The third-order valence-corrected chi connectivity index (χ3v) is 4.38. The number of rotatable bonds is 8. The van der Waals surface area contributed by atoms with Crippen molar-refractivity contribution in [2.45, 2.75) is 31.8 Å². The van der Waals surface area contributed by atoms with E-state index in [0.717, 1.165) is 18.4 Å². The van der Waals surface area contributed by atoms with E-state index in [9.17, 15) is 13.6 Å². The first-order chi connectivity index (χ1) is 12.1. The van der Waals surface area contributed by atoms with Crippen LogP contribution in [0.5, 0.6) is 0 Å². The molecule has 2 aromatic carbocycles. The number of hydrogen-bond acceptors (Lipinski definition) is 2. The van der Waals surface area contributed by atoms with Crippen molar-refractivity contribution in [2.24, 2.45) is 0 Å². The molecule has 1 fully saturated rings. The van der Waals surface area contributed by atoms with E-state index >= 15 is 0 Å². The van der Waals surface area contributed by atoms with Crippen molar-refractivity contribution in [1.29, 1.82) is 0 Å². The SMILES string of the molecule is O=C(CN(Cc1ccc(F)cc1)C1CC1)NCCc1ccccc1F. The standard InChI is InChI=1S/C20H22F2N2O/c21-17-7-5-15(6-8-17)13-24(18-9-10-18)14-20(25)23-12-11-16-3-1-2-4-19(16)22/h1-8,18H,9-14H2,(H,23,25). The number of benzene rings is 2. The van der Waals surface area contributed by atoms with Gasteiger partial charge in [-0.15, -0.1) is 0 Å². The fraction of sp³-hybridized carbons (Fsp3) is 0.350. The first kappa shape index (κ1) is 17.5. The predicted octanol–water partition coefficient (Wildman–Crippen LogP) is 3.29. The third kappa shape index (κ3) is 5.36. The van der Waals surface area contributed by atoms with E-state index in [1.165, 1.54) is 18.2 Å². The van der Waals surface area contributed by atoms with Crippen molar-refractivity contribution in [3.8, 4) is 0 Å². The molecular formula is C20H22F2N2O. The molecule has 3 nitrogen and oxygen atoms in total. The lowest BCUT2D eigenvalue weighted by Gasteiger charge is -2.21. The Balaban J connectivity index is 1.48. The van der Waals surface area contributed by atoms with E-state index in [-0.39, 0.29) is 17.5 Å². The fourth-order valence-electron chi connectivity index (χ4n) is 2.86. The number of hydrogen-bond donors (Lipinski definition) is 1. The van der Waals surface area contributed by atoms with Crippen LogP contribution in [-0.2, 0) is 17.8 Å². The Bertz CT molecular complexity index is 714. The van der Waals surface area contributed by atoms with E-state index in [4.69, 9.17) is 0 Å². The highest BCUT2D eigenvalue weighted by molar-refractivity contribution is 5.78. The van der Waals surface area contributed by atoms with Crippen LogP contribution in [0.25, 0.3) is 0 Å². The summed E-state index contributed by atoms with van der Waals surface area (Å²) in [5, 5.41) is 2.86. The second-order valence-corrected chi connectivity index (χ2v) is 6.45. The molecular weight excluding hydrogens is 322 g/mol. The van der Waals surface area contributed by atoms with Gasteiger partial charge in [0.25, 0.3) is 0 Å². The van der Waals surface area contributed by atoms with Crippen LogP contribution < -0.4 is 5.32 Å². The van der Waals surface area contributed by atoms with Crippen LogP contribution in [-0.4, -0.2) is 29.9 Å². The molecule has 2 aromatic rings. The average molecular weight is 344 g/mol. The highest BCUT2D eigenvalue weighted by atomic mass is 19.1. The zero-order chi connectivity index (χ0) is 17.6. The van der Waals surface area contributed by atoms with Gasteiger partial charge in [0.15, 0.2) is 0 Å². The molecule has 1 saturated carbocycles. The number of nitrogens with one attached hydrogen (secondary N) is 1. The van der Waals surface area contributed by atoms with E-state index in [1.54, 1.807) is 30.3 Å². The Labute approximate surface area is 146 Å². The fourth-order valence-corrected chi connectivity index (χ4v) is 2.86. The van der Waals surface area contributed by atoms with Crippen molar-refractivity contribution in [3.63, 3.8) is 0 Å². The molecule has 0 aromatic heterocycles. The van der Waals surface area contributed by atoms with Gasteiger partial charge in [0.1, 0.15) is 11.6 Å². The van der Waals surface area contributed by atoms with Gasteiger partial charge >= 0.3 is 0 Å². The zero-order valence-electron chi connectivity index (χ0n) is 14.1. The predicted molar refractivity (Wildman–Crippen MR) is 92.9 cm³/mol. The Morgan fingerprint density at radius 2 is 1.80 bits per heavy atom. The van der Waals surface area contributed by atoms with E-state index in [2.05, 4.69) is 10.2 Å². The van der Waals surface area contributed by atoms with Gasteiger partial charge in [-0.3, -0.25) is 9.69 Å². The second-order valence-electron chi connectivity index (χ2n) is 6.45. The minimum atomic E-state index is -0.257. The summed E-state index contributed by atoms with van der Waals surface area (Å²) in [4.78, 5) is 14.3. The summed E-state index contributed by atoms with van der Waals surface area (Å²) < 4.78 is 26.6. The maximum absolute atomic E-state index is 13.6. The summed E-state index contributed by atoms with van der Waals surface area (Å²) in [5.41, 5.74) is 1.60. The molecule has 0 atom stereocenters. The Morgan fingerprint density at radius 1 is 1.08 bits per heavy atom. The van der Waals surface area contributed by atoms with E-state index in [1.807, 2.05) is 0 Å². The van der Waals surface area contributed by atoms with Crippen LogP contribution >= 0.6 is 0 Å². The molecule has 0 unspecified atom stereocenters. The van der Waals surface area contributed by atoms with Crippen LogP contribution in [0, 0.1) is 11.6 Å².